The molecule has 1 saturated heterocycles. The number of carbonyl (C=O) groups excluding carboxylic acids is 2. The lowest BCUT2D eigenvalue weighted by molar-refractivity contribution is -0.112. The van der Waals surface area contributed by atoms with E-state index >= 15 is 0 Å². The third-order valence-electron chi connectivity index (χ3n) is 6.61. The first-order valence-electron chi connectivity index (χ1n) is 13.0. The number of aromatic nitrogens is 2. The molecule has 0 atom stereocenters. The summed E-state index contributed by atoms with van der Waals surface area (Å²) in [5, 5.41) is 9.02. The second-order valence-electron chi connectivity index (χ2n) is 9.58. The number of rotatable bonds is 7. The number of hydrogen-bond donors (Lipinski definition) is 4. The van der Waals surface area contributed by atoms with Gasteiger partial charge in [0.1, 0.15) is 11.6 Å². The molecule has 0 spiro atoms. The minimum Gasteiger partial charge on any atom is -0.379 e. The van der Waals surface area contributed by atoms with Crippen LogP contribution >= 0.6 is 0 Å². The number of amides is 1. The average Bonchev–Trinajstić information content (AvgIpc) is 3.25. The molecule has 0 saturated carbocycles. The molecule has 2 aliphatic heterocycles. The average molecular weight is 535 g/mol. The zero-order valence-electron chi connectivity index (χ0n) is 22.6. The molecule has 5 rings (SSSR count). The van der Waals surface area contributed by atoms with E-state index in [9.17, 15) is 14.0 Å². The molecule has 0 bridgehead atoms. The predicted molar refractivity (Wildman–Crippen MR) is 152 cm³/mol. The van der Waals surface area contributed by atoms with Gasteiger partial charge in [0.25, 0.3) is 0 Å². The fraction of sp³-hybridized carbons (Fsp3) is 0.345. The molecule has 206 valence electrons. The Morgan fingerprint density at radius 3 is 2.62 bits per heavy atom. The van der Waals surface area contributed by atoms with Gasteiger partial charge in [-0.05, 0) is 68.3 Å². The van der Waals surface area contributed by atoms with Gasteiger partial charge in [-0.15, -0.1) is 0 Å². The van der Waals surface area contributed by atoms with E-state index in [2.05, 4.69) is 30.8 Å². The number of halogens is 1. The van der Waals surface area contributed by atoms with E-state index in [4.69, 9.17) is 4.74 Å². The Kier molecular flexibility index (Phi) is 9.45. The van der Waals surface area contributed by atoms with Gasteiger partial charge < -0.3 is 25.7 Å². The summed E-state index contributed by atoms with van der Waals surface area (Å²) in [4.78, 5) is 32.6. The molecule has 3 aromatic rings. The summed E-state index contributed by atoms with van der Waals surface area (Å²) in [6, 6.07) is 8.70. The molecule has 1 fully saturated rings. The highest BCUT2D eigenvalue weighted by Crippen LogP contribution is 2.36. The van der Waals surface area contributed by atoms with E-state index in [1.807, 2.05) is 32.1 Å². The van der Waals surface area contributed by atoms with Gasteiger partial charge >= 0.3 is 0 Å². The van der Waals surface area contributed by atoms with Gasteiger partial charge in [-0.25, -0.2) is 9.37 Å². The number of aromatic amines is 1. The van der Waals surface area contributed by atoms with E-state index in [1.54, 1.807) is 25.3 Å². The number of ketones is 1. The molecule has 0 radical (unpaired) electrons. The normalized spacial score (nSPS) is 16.1. The lowest BCUT2D eigenvalue weighted by Gasteiger charge is -2.26. The molecule has 4 N–H and O–H groups in total. The molecular weight excluding hydrogens is 499 g/mol. The lowest BCUT2D eigenvalue weighted by Crippen LogP contribution is -2.40. The monoisotopic (exact) mass is 534 g/mol. The van der Waals surface area contributed by atoms with Crippen molar-refractivity contribution in [3.8, 4) is 0 Å². The minimum atomic E-state index is -0.252. The Morgan fingerprint density at radius 1 is 1.13 bits per heavy atom. The third kappa shape index (κ3) is 7.30. The van der Waals surface area contributed by atoms with Crippen molar-refractivity contribution in [1.82, 2.24) is 20.2 Å². The second kappa shape index (κ2) is 13.2. The van der Waals surface area contributed by atoms with Gasteiger partial charge in [0.15, 0.2) is 5.78 Å². The summed E-state index contributed by atoms with van der Waals surface area (Å²) >= 11 is 0. The Hall–Kier alpha value is -4.02. The summed E-state index contributed by atoms with van der Waals surface area (Å²) in [5.74, 6) is 0.387. The number of nitrogens with zero attached hydrogens (tertiary/aromatic N) is 2. The van der Waals surface area contributed by atoms with Crippen LogP contribution < -0.4 is 16.0 Å². The van der Waals surface area contributed by atoms with Crippen molar-refractivity contribution in [2.45, 2.75) is 20.8 Å². The van der Waals surface area contributed by atoms with Crippen LogP contribution in [0.25, 0.3) is 11.6 Å². The van der Waals surface area contributed by atoms with Gasteiger partial charge in [0.2, 0.25) is 6.41 Å². The number of benzene rings is 1. The Labute approximate surface area is 227 Å². The van der Waals surface area contributed by atoms with Crippen molar-refractivity contribution in [2.24, 2.45) is 0 Å². The van der Waals surface area contributed by atoms with Crippen LogP contribution in [0.1, 0.15) is 28.1 Å². The molecular formula is C29H35FN6O3. The topological polar surface area (TPSA) is 111 Å². The number of carbonyl (C=O) groups is 2. The Morgan fingerprint density at radius 2 is 1.92 bits per heavy atom. The fourth-order valence-electron chi connectivity index (χ4n) is 4.55. The minimum absolute atomic E-state index is 0.00881. The highest BCUT2D eigenvalue weighted by atomic mass is 19.1. The lowest BCUT2D eigenvalue weighted by atomic mass is 9.95. The van der Waals surface area contributed by atoms with E-state index < -0.39 is 0 Å². The van der Waals surface area contributed by atoms with E-state index in [0.717, 1.165) is 74.1 Å². The number of pyridine rings is 1. The second-order valence-corrected chi connectivity index (χ2v) is 9.58. The van der Waals surface area contributed by atoms with E-state index in [0.29, 0.717) is 22.5 Å². The zero-order valence-corrected chi connectivity index (χ0v) is 22.6. The molecule has 2 aromatic heterocycles. The quantitative estimate of drug-likeness (QED) is 0.207. The fourth-order valence-corrected chi connectivity index (χ4v) is 4.55. The number of Topliss-reactive ketones (excluding diaryl/α,β-unsaturated/α-hetero) is 1. The van der Waals surface area contributed by atoms with Gasteiger partial charge in [-0.1, -0.05) is 0 Å². The third-order valence-corrected chi connectivity index (χ3v) is 6.61. The van der Waals surface area contributed by atoms with Gasteiger partial charge in [0, 0.05) is 55.0 Å². The van der Waals surface area contributed by atoms with Crippen LogP contribution in [-0.4, -0.2) is 73.0 Å². The van der Waals surface area contributed by atoms with Gasteiger partial charge in [-0.3, -0.25) is 14.5 Å². The molecule has 0 unspecified atom stereocenters. The van der Waals surface area contributed by atoms with Crippen LogP contribution in [0.2, 0.25) is 0 Å². The van der Waals surface area contributed by atoms with Crippen molar-refractivity contribution < 1.29 is 18.7 Å². The number of hydrogen-bond acceptors (Lipinski definition) is 7. The van der Waals surface area contributed by atoms with Crippen molar-refractivity contribution in [1.29, 1.82) is 0 Å². The summed E-state index contributed by atoms with van der Waals surface area (Å²) in [6.45, 7) is 11.2. The van der Waals surface area contributed by atoms with E-state index in [1.165, 1.54) is 6.07 Å². The highest BCUT2D eigenvalue weighted by Gasteiger charge is 2.26. The SMILES string of the molecule is Cc1cc(C)c(/C=C2\C(=O)CNc3nccc(Nc4ccc(F)c(C)c4)c32)[nH]1.O=CNCCN1CCOCC1. The maximum absolute atomic E-state index is 13.6. The van der Waals surface area contributed by atoms with Crippen LogP contribution in [0, 0.1) is 26.6 Å². The number of nitrogens with one attached hydrogen (secondary N) is 4. The largest absolute Gasteiger partial charge is 0.379 e. The first-order valence-corrected chi connectivity index (χ1v) is 13.0. The van der Waals surface area contributed by atoms with Crippen LogP contribution in [0.5, 0.6) is 0 Å². The number of ether oxygens (including phenoxy) is 1. The maximum atomic E-state index is 13.6. The van der Waals surface area contributed by atoms with Crippen LogP contribution in [0.15, 0.2) is 36.5 Å². The molecule has 10 heteroatoms. The molecule has 1 amide bonds. The van der Waals surface area contributed by atoms with E-state index in [-0.39, 0.29) is 18.1 Å². The summed E-state index contributed by atoms with van der Waals surface area (Å²) in [7, 11) is 0. The number of H-pyrrole nitrogens is 1. The van der Waals surface area contributed by atoms with Crippen molar-refractivity contribution in [3.05, 3.63) is 70.4 Å². The molecule has 2 aliphatic rings. The Bertz CT molecular complexity index is 1350. The first-order chi connectivity index (χ1) is 18.9. The first kappa shape index (κ1) is 28.0. The van der Waals surface area contributed by atoms with Crippen molar-refractivity contribution in [2.75, 3.05) is 56.6 Å². The van der Waals surface area contributed by atoms with Crippen LogP contribution in [-0.2, 0) is 14.3 Å². The van der Waals surface area contributed by atoms with Crippen LogP contribution in [0.3, 0.4) is 0 Å². The summed E-state index contributed by atoms with van der Waals surface area (Å²) in [5.41, 5.74) is 6.36. The van der Waals surface area contributed by atoms with Crippen molar-refractivity contribution >= 4 is 41.0 Å². The zero-order chi connectivity index (χ0) is 27.8. The van der Waals surface area contributed by atoms with Crippen molar-refractivity contribution in [3.63, 3.8) is 0 Å². The number of morpholine rings is 1. The number of aryl methyl sites for hydroxylation is 3. The van der Waals surface area contributed by atoms with Crippen LogP contribution in [0.4, 0.5) is 21.6 Å². The van der Waals surface area contributed by atoms with Gasteiger partial charge in [-0.2, -0.15) is 0 Å². The number of fused-ring (bicyclic) bond motifs is 1. The maximum Gasteiger partial charge on any atom is 0.207 e. The molecule has 9 nitrogen and oxygen atoms in total. The van der Waals surface area contributed by atoms with Gasteiger partial charge in [0.05, 0.1) is 31.0 Å². The Balaban J connectivity index is 0.000000270. The molecule has 1 aromatic carbocycles. The molecule has 39 heavy (non-hydrogen) atoms. The molecule has 4 heterocycles. The molecule has 0 aliphatic carbocycles. The standard InChI is InChI=1S/C22H21FN4O.C7H14N2O2/c1-12-9-15(4-5-17(12)23)27-18-6-7-24-22-21(18)16(20(28)11-25-22)10-19-13(2)8-14(3)26-19;10-7-8-1-2-9-3-5-11-6-4-9/h4-10,26H,11H2,1-3H3,(H2,24,25,27);7H,1-6H2,(H,8,10)/b16-10+;. The number of anilines is 3. The summed E-state index contributed by atoms with van der Waals surface area (Å²) < 4.78 is 18.8. The predicted octanol–water partition coefficient (Wildman–Crippen LogP) is 3.82. The smallest absolute Gasteiger partial charge is 0.207 e. The summed E-state index contributed by atoms with van der Waals surface area (Å²) in [6.07, 6.45) is 4.30. The highest BCUT2D eigenvalue weighted by molar-refractivity contribution is 6.30.